The predicted molar refractivity (Wildman–Crippen MR) is 81.0 cm³/mol. The van der Waals surface area contributed by atoms with Crippen LogP contribution in [0.2, 0.25) is 0 Å². The summed E-state index contributed by atoms with van der Waals surface area (Å²) >= 11 is 1.79. The molecule has 0 aromatic carbocycles. The lowest BCUT2D eigenvalue weighted by molar-refractivity contribution is 0.0848. The number of hydrogen-bond donors (Lipinski definition) is 1. The van der Waals surface area contributed by atoms with E-state index in [0.29, 0.717) is 12.1 Å². The summed E-state index contributed by atoms with van der Waals surface area (Å²) in [7, 11) is 1.82. The van der Waals surface area contributed by atoms with E-state index < -0.39 is 0 Å². The Kier molecular flexibility index (Phi) is 5.60. The SMILES string of the molecule is CCN(CC)c1ncc(CNC2CCCC2OC)s1. The number of rotatable bonds is 7. The number of hydrogen-bond acceptors (Lipinski definition) is 5. The fourth-order valence-electron chi connectivity index (χ4n) is 2.69. The zero-order valence-electron chi connectivity index (χ0n) is 12.2. The van der Waals surface area contributed by atoms with E-state index in [2.05, 4.69) is 29.0 Å². The van der Waals surface area contributed by atoms with Crippen LogP contribution in [-0.4, -0.2) is 37.3 Å². The third-order valence-corrected chi connectivity index (χ3v) is 4.93. The van der Waals surface area contributed by atoms with Crippen LogP contribution < -0.4 is 10.2 Å². The molecule has 2 atom stereocenters. The number of thiazole rings is 1. The summed E-state index contributed by atoms with van der Waals surface area (Å²) in [5.74, 6) is 0. The topological polar surface area (TPSA) is 37.4 Å². The van der Waals surface area contributed by atoms with Gasteiger partial charge in [0, 0.05) is 43.9 Å². The molecule has 1 aliphatic rings. The van der Waals surface area contributed by atoms with Crippen LogP contribution >= 0.6 is 11.3 Å². The lowest BCUT2D eigenvalue weighted by Crippen LogP contribution is -2.36. The molecule has 4 nitrogen and oxygen atoms in total. The first-order valence-corrected chi connectivity index (χ1v) is 8.06. The molecule has 2 rings (SSSR count). The maximum Gasteiger partial charge on any atom is 0.185 e. The molecule has 1 heterocycles. The van der Waals surface area contributed by atoms with E-state index >= 15 is 0 Å². The lowest BCUT2D eigenvalue weighted by Gasteiger charge is -2.19. The maximum atomic E-state index is 5.51. The van der Waals surface area contributed by atoms with Gasteiger partial charge in [-0.2, -0.15) is 0 Å². The Labute approximate surface area is 120 Å². The molecule has 0 amide bonds. The van der Waals surface area contributed by atoms with Crippen LogP contribution in [0.1, 0.15) is 38.0 Å². The van der Waals surface area contributed by atoms with Crippen LogP contribution in [-0.2, 0) is 11.3 Å². The largest absolute Gasteiger partial charge is 0.380 e. The highest BCUT2D eigenvalue weighted by Gasteiger charge is 2.26. The van der Waals surface area contributed by atoms with Crippen LogP contribution in [0.5, 0.6) is 0 Å². The molecule has 0 aliphatic heterocycles. The first-order chi connectivity index (χ1) is 9.28. The molecule has 0 saturated heterocycles. The molecule has 19 heavy (non-hydrogen) atoms. The van der Waals surface area contributed by atoms with Crippen LogP contribution in [0, 0.1) is 0 Å². The summed E-state index contributed by atoms with van der Waals surface area (Å²) in [6.45, 7) is 7.29. The summed E-state index contributed by atoms with van der Waals surface area (Å²) in [5, 5.41) is 4.75. The van der Waals surface area contributed by atoms with E-state index in [4.69, 9.17) is 4.74 Å². The van der Waals surface area contributed by atoms with Gasteiger partial charge in [-0.25, -0.2) is 4.98 Å². The van der Waals surface area contributed by atoms with Crippen molar-refractivity contribution in [2.24, 2.45) is 0 Å². The highest BCUT2D eigenvalue weighted by atomic mass is 32.1. The average molecular weight is 283 g/mol. The third-order valence-electron chi connectivity index (χ3n) is 3.87. The Bertz CT molecular complexity index is 379. The maximum absolute atomic E-state index is 5.51. The molecule has 0 radical (unpaired) electrons. The van der Waals surface area contributed by atoms with Crippen molar-refractivity contribution in [3.8, 4) is 0 Å². The van der Waals surface area contributed by atoms with Crippen molar-refractivity contribution in [1.82, 2.24) is 10.3 Å². The van der Waals surface area contributed by atoms with E-state index in [9.17, 15) is 0 Å². The molecule has 1 fully saturated rings. The number of nitrogens with zero attached hydrogens (tertiary/aromatic N) is 2. The van der Waals surface area contributed by atoms with Gasteiger partial charge in [-0.1, -0.05) is 0 Å². The molecule has 0 bridgehead atoms. The van der Waals surface area contributed by atoms with Crippen molar-refractivity contribution in [3.05, 3.63) is 11.1 Å². The molecule has 1 N–H and O–H groups in total. The van der Waals surface area contributed by atoms with Gasteiger partial charge in [-0.05, 0) is 33.1 Å². The smallest absolute Gasteiger partial charge is 0.185 e. The molecule has 1 aliphatic carbocycles. The van der Waals surface area contributed by atoms with Gasteiger partial charge in [0.05, 0.1) is 6.10 Å². The van der Waals surface area contributed by atoms with Gasteiger partial charge in [0.1, 0.15) is 0 Å². The zero-order chi connectivity index (χ0) is 13.7. The average Bonchev–Trinajstić information content (AvgIpc) is 3.06. The molecule has 108 valence electrons. The summed E-state index contributed by atoms with van der Waals surface area (Å²) in [4.78, 5) is 8.12. The fourth-order valence-corrected chi connectivity index (χ4v) is 3.68. The van der Waals surface area contributed by atoms with Gasteiger partial charge in [-0.15, -0.1) is 11.3 Å². The standard InChI is InChI=1S/C14H25N3OS/c1-4-17(5-2)14-16-10-11(19-14)9-15-12-7-6-8-13(12)18-3/h10,12-13,15H,4-9H2,1-3H3. The minimum Gasteiger partial charge on any atom is -0.380 e. The Hall–Kier alpha value is -0.650. The number of aromatic nitrogens is 1. The zero-order valence-corrected chi connectivity index (χ0v) is 13.0. The Morgan fingerprint density at radius 3 is 2.89 bits per heavy atom. The molecule has 2 unspecified atom stereocenters. The third kappa shape index (κ3) is 3.68. The van der Waals surface area contributed by atoms with E-state index in [1.54, 1.807) is 11.3 Å². The van der Waals surface area contributed by atoms with Gasteiger partial charge in [-0.3, -0.25) is 0 Å². The number of anilines is 1. The van der Waals surface area contributed by atoms with E-state index in [-0.39, 0.29) is 0 Å². The molecular formula is C14H25N3OS. The second kappa shape index (κ2) is 7.22. The van der Waals surface area contributed by atoms with Crippen molar-refractivity contribution in [2.45, 2.75) is 51.8 Å². The van der Waals surface area contributed by atoms with E-state index in [1.807, 2.05) is 13.3 Å². The summed E-state index contributed by atoms with van der Waals surface area (Å²) < 4.78 is 5.51. The highest BCUT2D eigenvalue weighted by Crippen LogP contribution is 2.24. The number of methoxy groups -OCH3 is 1. The summed E-state index contributed by atoms with van der Waals surface area (Å²) in [6.07, 6.45) is 6.06. The number of nitrogens with one attached hydrogen (secondary N) is 1. The lowest BCUT2D eigenvalue weighted by atomic mass is 10.2. The normalized spacial score (nSPS) is 22.9. The minimum atomic E-state index is 0.384. The summed E-state index contributed by atoms with van der Waals surface area (Å²) in [6, 6.07) is 0.504. The van der Waals surface area contributed by atoms with Crippen molar-refractivity contribution >= 4 is 16.5 Å². The Balaban J connectivity index is 1.86. The van der Waals surface area contributed by atoms with E-state index in [1.165, 1.54) is 24.1 Å². The van der Waals surface area contributed by atoms with Gasteiger partial charge in [0.25, 0.3) is 0 Å². The van der Waals surface area contributed by atoms with Crippen molar-refractivity contribution in [2.75, 3.05) is 25.1 Å². The predicted octanol–water partition coefficient (Wildman–Crippen LogP) is 2.65. The Morgan fingerprint density at radius 2 is 2.21 bits per heavy atom. The molecule has 0 spiro atoms. The first-order valence-electron chi connectivity index (χ1n) is 7.24. The second-order valence-electron chi connectivity index (χ2n) is 4.97. The molecular weight excluding hydrogens is 258 g/mol. The van der Waals surface area contributed by atoms with Gasteiger partial charge in [0.2, 0.25) is 0 Å². The van der Waals surface area contributed by atoms with Crippen molar-refractivity contribution < 1.29 is 4.74 Å². The fraction of sp³-hybridized carbons (Fsp3) is 0.786. The van der Waals surface area contributed by atoms with Crippen LogP contribution in [0.4, 0.5) is 5.13 Å². The monoisotopic (exact) mass is 283 g/mol. The first kappa shape index (κ1) is 14.8. The van der Waals surface area contributed by atoms with Crippen LogP contribution in [0.3, 0.4) is 0 Å². The minimum absolute atomic E-state index is 0.384. The van der Waals surface area contributed by atoms with Crippen LogP contribution in [0.25, 0.3) is 0 Å². The molecule has 1 aromatic rings. The number of ether oxygens (including phenoxy) is 1. The van der Waals surface area contributed by atoms with Crippen molar-refractivity contribution in [3.63, 3.8) is 0 Å². The quantitative estimate of drug-likeness (QED) is 0.835. The van der Waals surface area contributed by atoms with E-state index in [0.717, 1.165) is 24.8 Å². The van der Waals surface area contributed by atoms with Crippen LogP contribution in [0.15, 0.2) is 6.20 Å². The second-order valence-corrected chi connectivity index (χ2v) is 6.07. The van der Waals surface area contributed by atoms with Crippen molar-refractivity contribution in [1.29, 1.82) is 0 Å². The summed E-state index contributed by atoms with van der Waals surface area (Å²) in [5.41, 5.74) is 0. The molecule has 5 heteroatoms. The Morgan fingerprint density at radius 1 is 1.42 bits per heavy atom. The van der Waals surface area contributed by atoms with Gasteiger partial charge >= 0.3 is 0 Å². The highest BCUT2D eigenvalue weighted by molar-refractivity contribution is 7.15. The molecule has 1 aromatic heterocycles. The van der Waals surface area contributed by atoms with Gasteiger partial charge < -0.3 is 15.0 Å². The van der Waals surface area contributed by atoms with Gasteiger partial charge in [0.15, 0.2) is 5.13 Å². The molecule has 1 saturated carbocycles.